The fourth-order valence-corrected chi connectivity index (χ4v) is 3.25. The highest BCUT2D eigenvalue weighted by atomic mass is 32.2. The van der Waals surface area contributed by atoms with Crippen molar-refractivity contribution in [1.82, 2.24) is 9.47 Å². The van der Waals surface area contributed by atoms with Gasteiger partial charge in [-0.25, -0.2) is 0 Å². The van der Waals surface area contributed by atoms with Crippen molar-refractivity contribution in [2.24, 2.45) is 7.05 Å². The zero-order chi connectivity index (χ0) is 15.7. The van der Waals surface area contributed by atoms with Gasteiger partial charge in [0.2, 0.25) is 0 Å². The van der Waals surface area contributed by atoms with Gasteiger partial charge in [0, 0.05) is 18.4 Å². The Morgan fingerprint density at radius 3 is 2.67 bits per heavy atom. The average molecular weight is 324 g/mol. The molecule has 1 aliphatic rings. The van der Waals surface area contributed by atoms with Crippen LogP contribution in [-0.4, -0.2) is 39.3 Å². The van der Waals surface area contributed by atoms with E-state index in [0.29, 0.717) is 9.23 Å². The predicted molar refractivity (Wildman–Crippen MR) is 86.8 cm³/mol. The van der Waals surface area contributed by atoms with E-state index >= 15 is 0 Å². The molecular weight excluding hydrogens is 308 g/mol. The first-order valence-electron chi connectivity index (χ1n) is 6.30. The normalized spacial score (nSPS) is 17.0. The summed E-state index contributed by atoms with van der Waals surface area (Å²) in [5.74, 6) is -0.740. The summed E-state index contributed by atoms with van der Waals surface area (Å²) in [6.45, 7) is 3.85. The van der Waals surface area contributed by atoms with Gasteiger partial charge in [0.05, 0.1) is 12.0 Å². The predicted octanol–water partition coefficient (Wildman–Crippen LogP) is 2.02. The van der Waals surface area contributed by atoms with Crippen molar-refractivity contribution in [1.29, 1.82) is 0 Å². The van der Waals surface area contributed by atoms with Crippen molar-refractivity contribution in [3.05, 3.63) is 27.9 Å². The second-order valence-corrected chi connectivity index (χ2v) is 6.41. The minimum absolute atomic E-state index is 0.148. The molecule has 0 aromatic carbocycles. The summed E-state index contributed by atoms with van der Waals surface area (Å²) in [5, 5.41) is 0. The third-order valence-corrected chi connectivity index (χ3v) is 4.87. The highest BCUT2D eigenvalue weighted by Gasteiger charge is 2.33. The Kier molecular flexibility index (Phi) is 4.53. The van der Waals surface area contributed by atoms with E-state index in [9.17, 15) is 9.59 Å². The van der Waals surface area contributed by atoms with Gasteiger partial charge in [-0.15, -0.1) is 0 Å². The zero-order valence-corrected chi connectivity index (χ0v) is 13.9. The molecule has 1 fully saturated rings. The Labute approximate surface area is 132 Å². The maximum absolute atomic E-state index is 12.3. The van der Waals surface area contributed by atoms with Crippen LogP contribution in [0.15, 0.2) is 11.0 Å². The zero-order valence-electron chi connectivity index (χ0n) is 12.3. The van der Waals surface area contributed by atoms with Crippen LogP contribution in [0.3, 0.4) is 0 Å². The van der Waals surface area contributed by atoms with E-state index in [2.05, 4.69) is 9.30 Å². The highest BCUT2D eigenvalue weighted by Crippen LogP contribution is 2.33. The Hall–Kier alpha value is -1.60. The number of carbonyl (C=O) groups is 2. The van der Waals surface area contributed by atoms with Crippen LogP contribution in [0.2, 0.25) is 0 Å². The number of hydrogen-bond donors (Lipinski definition) is 0. The second-order valence-electron chi connectivity index (χ2n) is 4.73. The minimum Gasteiger partial charge on any atom is -0.468 e. The van der Waals surface area contributed by atoms with Crippen LogP contribution in [-0.2, 0) is 21.4 Å². The van der Waals surface area contributed by atoms with E-state index in [0.717, 1.165) is 17.0 Å². The molecule has 5 nitrogen and oxygen atoms in total. The fraction of sp³-hybridized carbons (Fsp3) is 0.357. The number of aryl methyl sites for hydroxylation is 1. The molecule has 1 amide bonds. The Morgan fingerprint density at radius 2 is 2.14 bits per heavy atom. The molecule has 0 radical (unpaired) electrons. The number of thiocarbonyl (C=S) groups is 1. The summed E-state index contributed by atoms with van der Waals surface area (Å²) in [6, 6.07) is 2.02. The van der Waals surface area contributed by atoms with E-state index in [1.54, 1.807) is 0 Å². The van der Waals surface area contributed by atoms with Gasteiger partial charge in [-0.2, -0.15) is 0 Å². The summed E-state index contributed by atoms with van der Waals surface area (Å²) >= 11 is 6.36. The molecule has 0 spiro atoms. The first-order valence-corrected chi connectivity index (χ1v) is 7.52. The van der Waals surface area contributed by atoms with Gasteiger partial charge in [-0.3, -0.25) is 14.5 Å². The van der Waals surface area contributed by atoms with Crippen LogP contribution < -0.4 is 0 Å². The number of amides is 1. The number of esters is 1. The molecule has 0 saturated carbocycles. The SMILES string of the molecule is COC(=O)CN1C(=O)/C(=C/c2cc(C)n(C)c2C)SC1=S. The molecule has 1 aliphatic heterocycles. The minimum atomic E-state index is -0.487. The van der Waals surface area contributed by atoms with Crippen molar-refractivity contribution in [2.45, 2.75) is 13.8 Å². The molecule has 21 heavy (non-hydrogen) atoms. The number of aromatic nitrogens is 1. The van der Waals surface area contributed by atoms with Gasteiger partial charge in [-0.1, -0.05) is 24.0 Å². The molecule has 1 aromatic heterocycles. The molecule has 0 bridgehead atoms. The number of hydrogen-bond acceptors (Lipinski definition) is 5. The van der Waals surface area contributed by atoms with Gasteiger partial charge in [0.15, 0.2) is 0 Å². The lowest BCUT2D eigenvalue weighted by molar-refractivity contribution is -0.143. The smallest absolute Gasteiger partial charge is 0.325 e. The molecule has 0 N–H and O–H groups in total. The summed E-state index contributed by atoms with van der Waals surface area (Å²) in [6.07, 6.45) is 1.82. The summed E-state index contributed by atoms with van der Waals surface area (Å²) in [7, 11) is 3.26. The maximum Gasteiger partial charge on any atom is 0.325 e. The lowest BCUT2D eigenvalue weighted by atomic mass is 10.2. The van der Waals surface area contributed by atoms with Gasteiger partial charge >= 0.3 is 5.97 Å². The second kappa shape index (κ2) is 6.03. The lowest BCUT2D eigenvalue weighted by Crippen LogP contribution is -2.33. The van der Waals surface area contributed by atoms with E-state index in [1.807, 2.05) is 33.0 Å². The molecule has 2 heterocycles. The van der Waals surface area contributed by atoms with Crippen molar-refractivity contribution < 1.29 is 14.3 Å². The van der Waals surface area contributed by atoms with Crippen LogP contribution in [0, 0.1) is 13.8 Å². The van der Waals surface area contributed by atoms with Crippen molar-refractivity contribution >= 4 is 46.3 Å². The van der Waals surface area contributed by atoms with Gasteiger partial charge < -0.3 is 9.30 Å². The topological polar surface area (TPSA) is 51.5 Å². The number of nitrogens with zero attached hydrogens (tertiary/aromatic N) is 2. The molecule has 0 atom stereocenters. The van der Waals surface area contributed by atoms with E-state index < -0.39 is 5.97 Å². The molecule has 112 valence electrons. The molecular formula is C14H16N2O3S2. The van der Waals surface area contributed by atoms with E-state index in [1.165, 1.54) is 23.8 Å². The van der Waals surface area contributed by atoms with E-state index in [4.69, 9.17) is 12.2 Å². The third kappa shape index (κ3) is 3.03. The van der Waals surface area contributed by atoms with Crippen LogP contribution in [0.4, 0.5) is 0 Å². The van der Waals surface area contributed by atoms with Crippen molar-refractivity contribution in [2.75, 3.05) is 13.7 Å². The van der Waals surface area contributed by atoms with Gasteiger partial charge in [-0.05, 0) is 31.6 Å². The summed E-state index contributed by atoms with van der Waals surface area (Å²) < 4.78 is 7.01. The Bertz CT molecular complexity index is 661. The number of thioether (sulfide) groups is 1. The fourth-order valence-electron chi connectivity index (χ4n) is 2.00. The number of rotatable bonds is 3. The number of ether oxygens (including phenoxy) is 1. The Balaban J connectivity index is 2.28. The first kappa shape index (κ1) is 15.8. The number of carbonyl (C=O) groups excluding carboxylic acids is 2. The van der Waals surface area contributed by atoms with Crippen LogP contribution in [0.1, 0.15) is 17.0 Å². The van der Waals surface area contributed by atoms with Gasteiger partial charge in [0.1, 0.15) is 10.9 Å². The summed E-state index contributed by atoms with van der Waals surface area (Å²) in [5.41, 5.74) is 3.17. The quantitative estimate of drug-likeness (QED) is 0.484. The third-order valence-electron chi connectivity index (χ3n) is 3.49. The van der Waals surface area contributed by atoms with Crippen LogP contribution in [0.5, 0.6) is 0 Å². The highest BCUT2D eigenvalue weighted by molar-refractivity contribution is 8.26. The molecule has 7 heteroatoms. The van der Waals surface area contributed by atoms with Crippen molar-refractivity contribution in [3.63, 3.8) is 0 Å². The standard InChI is InChI=1S/C14H16N2O3S2/c1-8-5-10(9(2)15(8)3)6-11-13(18)16(14(20)21-11)7-12(17)19-4/h5-6H,7H2,1-4H3/b11-6-. The molecule has 1 saturated heterocycles. The van der Waals surface area contributed by atoms with Crippen LogP contribution in [0.25, 0.3) is 6.08 Å². The maximum atomic E-state index is 12.3. The summed E-state index contributed by atoms with van der Waals surface area (Å²) in [4.78, 5) is 25.4. The molecule has 0 unspecified atom stereocenters. The van der Waals surface area contributed by atoms with Crippen molar-refractivity contribution in [3.8, 4) is 0 Å². The van der Waals surface area contributed by atoms with Gasteiger partial charge in [0.25, 0.3) is 5.91 Å². The van der Waals surface area contributed by atoms with E-state index in [-0.39, 0.29) is 12.5 Å². The molecule has 0 aliphatic carbocycles. The Morgan fingerprint density at radius 1 is 1.48 bits per heavy atom. The molecule has 2 rings (SSSR count). The largest absolute Gasteiger partial charge is 0.468 e. The number of methoxy groups -OCH3 is 1. The van der Waals surface area contributed by atoms with Crippen LogP contribution >= 0.6 is 24.0 Å². The average Bonchev–Trinajstić information content (AvgIpc) is 2.84. The first-order chi connectivity index (χ1) is 9.85. The monoisotopic (exact) mass is 324 g/mol. The lowest BCUT2D eigenvalue weighted by Gasteiger charge is -2.11. The molecule has 1 aromatic rings.